The van der Waals surface area contributed by atoms with Gasteiger partial charge in [0.25, 0.3) is 11.8 Å². The molecule has 1 aromatic carbocycles. The van der Waals surface area contributed by atoms with E-state index in [2.05, 4.69) is 20.6 Å². The molecule has 2 aromatic heterocycles. The van der Waals surface area contributed by atoms with Gasteiger partial charge >= 0.3 is 0 Å². The van der Waals surface area contributed by atoms with Gasteiger partial charge in [-0.15, -0.1) is 0 Å². The largest absolute Gasteiger partial charge is 0.350 e. The summed E-state index contributed by atoms with van der Waals surface area (Å²) in [6, 6.07) is 11.0. The van der Waals surface area contributed by atoms with Crippen LogP contribution in [0, 0.1) is 0 Å². The van der Waals surface area contributed by atoms with Crippen LogP contribution in [0.25, 0.3) is 10.9 Å². The van der Waals surface area contributed by atoms with Crippen molar-refractivity contribution >= 4 is 22.7 Å². The Morgan fingerprint density at radius 1 is 0.962 bits per heavy atom. The van der Waals surface area contributed by atoms with Crippen LogP contribution in [-0.4, -0.2) is 34.9 Å². The number of fused-ring (bicyclic) bond motifs is 1. The number of pyridine rings is 2. The average molecular weight is 348 g/mol. The normalized spacial score (nSPS) is 10.5. The van der Waals surface area contributed by atoms with Gasteiger partial charge < -0.3 is 10.6 Å². The van der Waals surface area contributed by atoms with E-state index in [0.717, 1.165) is 17.4 Å². The number of aryl methyl sites for hydroxylation is 1. The lowest BCUT2D eigenvalue weighted by molar-refractivity contribution is 0.0928. The maximum atomic E-state index is 12.6. The number of nitrogens with one attached hydrogen (secondary N) is 2. The summed E-state index contributed by atoms with van der Waals surface area (Å²) in [5, 5.41) is 6.56. The quantitative estimate of drug-likeness (QED) is 0.670. The molecule has 0 atom stereocenters. The molecule has 0 unspecified atom stereocenters. The smallest absolute Gasteiger partial charge is 0.253 e. The van der Waals surface area contributed by atoms with E-state index in [1.807, 2.05) is 31.2 Å². The van der Waals surface area contributed by atoms with E-state index < -0.39 is 0 Å². The number of rotatable bonds is 6. The van der Waals surface area contributed by atoms with Crippen LogP contribution in [0.4, 0.5) is 0 Å². The van der Waals surface area contributed by atoms with Crippen molar-refractivity contribution in [2.45, 2.75) is 13.3 Å². The summed E-state index contributed by atoms with van der Waals surface area (Å²) in [4.78, 5) is 32.7. The van der Waals surface area contributed by atoms with Crippen molar-refractivity contribution in [2.24, 2.45) is 0 Å². The van der Waals surface area contributed by atoms with Gasteiger partial charge in [-0.1, -0.05) is 13.0 Å². The Morgan fingerprint density at radius 3 is 2.42 bits per heavy atom. The number of amides is 2. The number of carbonyl (C=O) groups excluding carboxylic acids is 2. The van der Waals surface area contributed by atoms with Gasteiger partial charge in [0.1, 0.15) is 0 Å². The van der Waals surface area contributed by atoms with Crippen molar-refractivity contribution in [3.05, 3.63) is 71.7 Å². The Bertz CT molecular complexity index is 926. The minimum Gasteiger partial charge on any atom is -0.350 e. The SMILES string of the molecule is CCc1cc(C(=O)NCCNC(=O)c2ccncc2)c2ncccc2c1. The first-order valence-corrected chi connectivity index (χ1v) is 8.53. The van der Waals surface area contributed by atoms with E-state index >= 15 is 0 Å². The third-order valence-electron chi connectivity index (χ3n) is 4.06. The van der Waals surface area contributed by atoms with E-state index in [1.54, 1.807) is 30.7 Å². The van der Waals surface area contributed by atoms with Crippen molar-refractivity contribution < 1.29 is 9.59 Å². The molecule has 6 nitrogen and oxygen atoms in total. The molecule has 26 heavy (non-hydrogen) atoms. The number of hydrogen-bond donors (Lipinski definition) is 2. The van der Waals surface area contributed by atoms with Gasteiger partial charge in [0, 0.05) is 42.6 Å². The lowest BCUT2D eigenvalue weighted by atomic mass is 10.0. The zero-order chi connectivity index (χ0) is 18.4. The molecule has 0 bridgehead atoms. The Balaban J connectivity index is 1.62. The zero-order valence-electron chi connectivity index (χ0n) is 14.5. The molecular formula is C20H20N4O2. The Hall–Kier alpha value is -3.28. The molecule has 0 aliphatic rings. The highest BCUT2D eigenvalue weighted by Gasteiger charge is 2.12. The Morgan fingerprint density at radius 2 is 1.69 bits per heavy atom. The van der Waals surface area contributed by atoms with Crippen LogP contribution in [0.1, 0.15) is 33.2 Å². The van der Waals surface area contributed by atoms with Crippen LogP contribution >= 0.6 is 0 Å². The minimum absolute atomic E-state index is 0.192. The van der Waals surface area contributed by atoms with Gasteiger partial charge in [0.2, 0.25) is 0 Å². The third-order valence-corrected chi connectivity index (χ3v) is 4.06. The second-order valence-electron chi connectivity index (χ2n) is 5.82. The number of benzene rings is 1. The van der Waals surface area contributed by atoms with Gasteiger partial charge in [-0.3, -0.25) is 19.6 Å². The van der Waals surface area contributed by atoms with Gasteiger partial charge in [-0.05, 0) is 42.3 Å². The fourth-order valence-corrected chi connectivity index (χ4v) is 2.68. The molecule has 0 saturated heterocycles. The lowest BCUT2D eigenvalue weighted by Crippen LogP contribution is -2.34. The van der Waals surface area contributed by atoms with E-state index in [-0.39, 0.29) is 11.8 Å². The molecule has 0 spiro atoms. The molecule has 2 heterocycles. The van der Waals surface area contributed by atoms with Crippen LogP contribution < -0.4 is 10.6 Å². The van der Waals surface area contributed by atoms with Crippen LogP contribution in [-0.2, 0) is 6.42 Å². The number of carbonyl (C=O) groups is 2. The summed E-state index contributed by atoms with van der Waals surface area (Å²) in [5.41, 5.74) is 2.86. The molecule has 0 aliphatic carbocycles. The first-order valence-electron chi connectivity index (χ1n) is 8.53. The van der Waals surface area contributed by atoms with Gasteiger partial charge in [0.15, 0.2) is 0 Å². The fourth-order valence-electron chi connectivity index (χ4n) is 2.68. The van der Waals surface area contributed by atoms with Crippen molar-refractivity contribution in [3.63, 3.8) is 0 Å². The van der Waals surface area contributed by atoms with E-state index in [4.69, 9.17) is 0 Å². The predicted molar refractivity (Wildman–Crippen MR) is 100 cm³/mol. The molecule has 2 N–H and O–H groups in total. The summed E-state index contributed by atoms with van der Waals surface area (Å²) in [7, 11) is 0. The number of nitrogens with zero attached hydrogens (tertiary/aromatic N) is 2. The molecule has 0 fully saturated rings. The summed E-state index contributed by atoms with van der Waals surface area (Å²) in [6.45, 7) is 2.72. The Kier molecular flexibility index (Phi) is 5.53. The zero-order valence-corrected chi connectivity index (χ0v) is 14.5. The van der Waals surface area contributed by atoms with Crippen molar-refractivity contribution in [1.82, 2.24) is 20.6 Å². The highest BCUT2D eigenvalue weighted by atomic mass is 16.2. The molecule has 3 rings (SSSR count). The molecule has 132 valence electrons. The summed E-state index contributed by atoms with van der Waals surface area (Å²) >= 11 is 0. The molecule has 0 aliphatic heterocycles. The van der Waals surface area contributed by atoms with Crippen LogP contribution in [0.15, 0.2) is 55.0 Å². The van der Waals surface area contributed by atoms with Gasteiger partial charge in [-0.2, -0.15) is 0 Å². The molecular weight excluding hydrogens is 328 g/mol. The average Bonchev–Trinajstić information content (AvgIpc) is 2.70. The number of aromatic nitrogens is 2. The highest BCUT2D eigenvalue weighted by molar-refractivity contribution is 6.05. The van der Waals surface area contributed by atoms with Gasteiger partial charge in [-0.25, -0.2) is 0 Å². The van der Waals surface area contributed by atoms with E-state index in [9.17, 15) is 9.59 Å². The summed E-state index contributed by atoms with van der Waals surface area (Å²) in [5.74, 6) is -0.385. The van der Waals surface area contributed by atoms with Crippen LogP contribution in [0.5, 0.6) is 0 Å². The first-order chi connectivity index (χ1) is 12.7. The van der Waals surface area contributed by atoms with Crippen molar-refractivity contribution in [3.8, 4) is 0 Å². The van der Waals surface area contributed by atoms with E-state index in [1.165, 1.54) is 0 Å². The van der Waals surface area contributed by atoms with Crippen molar-refractivity contribution in [2.75, 3.05) is 13.1 Å². The fraction of sp³-hybridized carbons (Fsp3) is 0.200. The molecule has 3 aromatic rings. The standard InChI is InChI=1S/C20H20N4O2/c1-2-14-12-16-4-3-7-22-18(16)17(13-14)20(26)24-11-10-23-19(25)15-5-8-21-9-6-15/h3-9,12-13H,2,10-11H2,1H3,(H,23,25)(H,24,26). The summed E-state index contributed by atoms with van der Waals surface area (Å²) in [6.07, 6.45) is 5.65. The maximum absolute atomic E-state index is 12.6. The second kappa shape index (κ2) is 8.20. The molecule has 2 amide bonds. The number of hydrogen-bond acceptors (Lipinski definition) is 4. The lowest BCUT2D eigenvalue weighted by Gasteiger charge is -2.10. The topological polar surface area (TPSA) is 84.0 Å². The van der Waals surface area contributed by atoms with Crippen molar-refractivity contribution in [1.29, 1.82) is 0 Å². The van der Waals surface area contributed by atoms with Crippen LogP contribution in [0.2, 0.25) is 0 Å². The van der Waals surface area contributed by atoms with E-state index in [0.29, 0.717) is 29.7 Å². The molecule has 0 radical (unpaired) electrons. The highest BCUT2D eigenvalue weighted by Crippen LogP contribution is 2.19. The van der Waals surface area contributed by atoms with Gasteiger partial charge in [0.05, 0.1) is 11.1 Å². The first kappa shape index (κ1) is 17.5. The second-order valence-corrected chi connectivity index (χ2v) is 5.82. The predicted octanol–water partition coefficient (Wildman–Crippen LogP) is 2.35. The monoisotopic (exact) mass is 348 g/mol. The van der Waals surface area contributed by atoms with Crippen LogP contribution in [0.3, 0.4) is 0 Å². The minimum atomic E-state index is -0.193. The molecule has 0 saturated carbocycles. The summed E-state index contributed by atoms with van der Waals surface area (Å²) < 4.78 is 0. The maximum Gasteiger partial charge on any atom is 0.253 e. The molecule has 6 heteroatoms. The Labute approximate surface area is 151 Å². The third kappa shape index (κ3) is 4.03.